The average Bonchev–Trinajstić information content (AvgIpc) is 2.78. The Morgan fingerprint density at radius 3 is 2.53 bits per heavy atom. The van der Waals surface area contributed by atoms with Crippen LogP contribution in [0, 0.1) is 12.3 Å². The monoisotopic (exact) mass is 238 g/mol. The van der Waals surface area contributed by atoms with Gasteiger partial charge < -0.3 is 15.5 Å². The Hall–Kier alpha value is -1.29. The van der Waals surface area contributed by atoms with Crippen molar-refractivity contribution in [2.45, 2.75) is 33.6 Å². The Kier molecular flexibility index (Phi) is 4.75. The highest BCUT2D eigenvalue weighted by Gasteiger charge is 2.25. The number of aryl methyl sites for hydroxylation is 1. The maximum Gasteiger partial charge on any atom is 0.254 e. The van der Waals surface area contributed by atoms with E-state index in [1.807, 2.05) is 6.92 Å². The molecule has 0 unspecified atom stereocenters. The molecule has 4 nitrogen and oxygen atoms in total. The van der Waals surface area contributed by atoms with E-state index in [-0.39, 0.29) is 11.3 Å². The van der Waals surface area contributed by atoms with Gasteiger partial charge in [0.2, 0.25) is 0 Å². The van der Waals surface area contributed by atoms with Gasteiger partial charge in [-0.05, 0) is 37.8 Å². The fourth-order valence-corrected chi connectivity index (χ4v) is 1.79. The summed E-state index contributed by atoms with van der Waals surface area (Å²) in [4.78, 5) is 11.8. The summed E-state index contributed by atoms with van der Waals surface area (Å²) in [6.45, 7) is 7.22. The van der Waals surface area contributed by atoms with Crippen LogP contribution in [-0.4, -0.2) is 19.0 Å². The lowest BCUT2D eigenvalue weighted by Gasteiger charge is -2.30. The molecule has 0 aliphatic heterocycles. The van der Waals surface area contributed by atoms with Gasteiger partial charge in [-0.2, -0.15) is 0 Å². The Morgan fingerprint density at radius 2 is 2.12 bits per heavy atom. The van der Waals surface area contributed by atoms with Gasteiger partial charge in [0.25, 0.3) is 5.91 Å². The van der Waals surface area contributed by atoms with Crippen molar-refractivity contribution in [1.29, 1.82) is 0 Å². The third-order valence-corrected chi connectivity index (χ3v) is 3.55. The summed E-state index contributed by atoms with van der Waals surface area (Å²) in [7, 11) is 0. The zero-order valence-corrected chi connectivity index (χ0v) is 10.9. The van der Waals surface area contributed by atoms with E-state index >= 15 is 0 Å². The minimum atomic E-state index is -0.0958. The smallest absolute Gasteiger partial charge is 0.254 e. The van der Waals surface area contributed by atoms with E-state index in [1.54, 1.807) is 6.07 Å². The lowest BCUT2D eigenvalue weighted by atomic mass is 9.82. The zero-order chi connectivity index (χ0) is 12.9. The molecule has 0 saturated carbocycles. The van der Waals surface area contributed by atoms with Gasteiger partial charge in [0.15, 0.2) is 0 Å². The number of nitrogens with two attached hydrogens (primary N) is 1. The van der Waals surface area contributed by atoms with Crippen LogP contribution in [-0.2, 0) is 0 Å². The number of hydrogen-bond donors (Lipinski definition) is 2. The van der Waals surface area contributed by atoms with Crippen molar-refractivity contribution in [1.82, 2.24) is 5.32 Å². The predicted octanol–water partition coefficient (Wildman–Crippen LogP) is 2.08. The molecule has 0 spiro atoms. The quantitative estimate of drug-likeness (QED) is 0.797. The highest BCUT2D eigenvalue weighted by molar-refractivity contribution is 5.93. The number of rotatable bonds is 6. The molecule has 1 heterocycles. The SMILES string of the molecule is CCC(CC)(CN)CNC(=O)c1coc(C)c1. The predicted molar refractivity (Wildman–Crippen MR) is 67.8 cm³/mol. The van der Waals surface area contributed by atoms with Gasteiger partial charge in [-0.25, -0.2) is 0 Å². The molecule has 0 aliphatic carbocycles. The molecule has 1 aromatic rings. The molecule has 0 radical (unpaired) electrons. The van der Waals surface area contributed by atoms with E-state index in [1.165, 1.54) is 6.26 Å². The Labute approximate surface area is 103 Å². The van der Waals surface area contributed by atoms with Gasteiger partial charge >= 0.3 is 0 Å². The summed E-state index contributed by atoms with van der Waals surface area (Å²) in [5, 5.41) is 2.93. The van der Waals surface area contributed by atoms with E-state index in [2.05, 4.69) is 19.2 Å². The van der Waals surface area contributed by atoms with Crippen LogP contribution in [0.2, 0.25) is 0 Å². The van der Waals surface area contributed by atoms with Crippen LogP contribution in [0.1, 0.15) is 42.8 Å². The highest BCUT2D eigenvalue weighted by Crippen LogP contribution is 2.23. The lowest BCUT2D eigenvalue weighted by Crippen LogP contribution is -2.41. The minimum absolute atomic E-state index is 0.00837. The van der Waals surface area contributed by atoms with Crippen LogP contribution >= 0.6 is 0 Å². The van der Waals surface area contributed by atoms with Gasteiger partial charge in [0.05, 0.1) is 5.56 Å². The Bertz CT molecular complexity index is 359. The molecule has 3 N–H and O–H groups in total. The standard InChI is InChI=1S/C13H22N2O2/c1-4-13(5-2,8-14)9-15-12(16)11-6-10(3)17-7-11/h6-7H,4-5,8-9,14H2,1-3H3,(H,15,16). The number of carbonyl (C=O) groups excluding carboxylic acids is 1. The Morgan fingerprint density at radius 1 is 1.47 bits per heavy atom. The minimum Gasteiger partial charge on any atom is -0.469 e. The molecule has 0 saturated heterocycles. The summed E-state index contributed by atoms with van der Waals surface area (Å²) in [6, 6.07) is 1.73. The molecular weight excluding hydrogens is 216 g/mol. The fraction of sp³-hybridized carbons (Fsp3) is 0.615. The van der Waals surface area contributed by atoms with Crippen molar-refractivity contribution in [3.63, 3.8) is 0 Å². The first-order valence-electron chi connectivity index (χ1n) is 6.10. The van der Waals surface area contributed by atoms with Gasteiger partial charge in [0.1, 0.15) is 12.0 Å². The van der Waals surface area contributed by atoms with Gasteiger partial charge in [-0.15, -0.1) is 0 Å². The molecule has 0 aromatic carbocycles. The average molecular weight is 238 g/mol. The normalized spacial score (nSPS) is 11.5. The molecule has 4 heteroatoms. The topological polar surface area (TPSA) is 68.3 Å². The van der Waals surface area contributed by atoms with Crippen LogP contribution in [0.5, 0.6) is 0 Å². The number of hydrogen-bond acceptors (Lipinski definition) is 3. The van der Waals surface area contributed by atoms with Crippen molar-refractivity contribution in [2.24, 2.45) is 11.1 Å². The molecule has 0 bridgehead atoms. The molecule has 0 aliphatic rings. The Balaban J connectivity index is 2.58. The summed E-state index contributed by atoms with van der Waals surface area (Å²) >= 11 is 0. The number of amides is 1. The number of furan rings is 1. The van der Waals surface area contributed by atoms with Crippen LogP contribution in [0.3, 0.4) is 0 Å². The molecule has 0 atom stereocenters. The zero-order valence-electron chi connectivity index (χ0n) is 10.9. The number of carbonyl (C=O) groups is 1. The van der Waals surface area contributed by atoms with E-state index in [0.29, 0.717) is 18.7 Å². The van der Waals surface area contributed by atoms with Crippen LogP contribution in [0.4, 0.5) is 0 Å². The second kappa shape index (κ2) is 5.87. The summed E-state index contributed by atoms with van der Waals surface area (Å²) in [6.07, 6.45) is 3.40. The third kappa shape index (κ3) is 3.33. The summed E-state index contributed by atoms with van der Waals surface area (Å²) in [5.41, 5.74) is 6.37. The summed E-state index contributed by atoms with van der Waals surface area (Å²) < 4.78 is 5.11. The first-order valence-corrected chi connectivity index (χ1v) is 6.10. The first kappa shape index (κ1) is 13.8. The molecule has 0 fully saturated rings. The van der Waals surface area contributed by atoms with Crippen molar-refractivity contribution in [3.8, 4) is 0 Å². The van der Waals surface area contributed by atoms with Gasteiger partial charge in [-0.1, -0.05) is 13.8 Å². The first-order chi connectivity index (χ1) is 8.06. The fourth-order valence-electron chi connectivity index (χ4n) is 1.79. The van der Waals surface area contributed by atoms with E-state index in [9.17, 15) is 4.79 Å². The molecule has 17 heavy (non-hydrogen) atoms. The van der Waals surface area contributed by atoms with Crippen molar-refractivity contribution in [3.05, 3.63) is 23.7 Å². The maximum atomic E-state index is 11.8. The molecule has 1 rings (SSSR count). The lowest BCUT2D eigenvalue weighted by molar-refractivity contribution is 0.0927. The van der Waals surface area contributed by atoms with Crippen LogP contribution in [0.25, 0.3) is 0 Å². The van der Waals surface area contributed by atoms with Crippen LogP contribution in [0.15, 0.2) is 16.7 Å². The summed E-state index contributed by atoms with van der Waals surface area (Å²) in [5.74, 6) is 0.646. The van der Waals surface area contributed by atoms with Crippen molar-refractivity contribution < 1.29 is 9.21 Å². The van der Waals surface area contributed by atoms with E-state index in [4.69, 9.17) is 10.2 Å². The largest absolute Gasteiger partial charge is 0.469 e. The highest BCUT2D eigenvalue weighted by atomic mass is 16.3. The molecule has 96 valence electrons. The van der Waals surface area contributed by atoms with Gasteiger partial charge in [0, 0.05) is 6.54 Å². The van der Waals surface area contributed by atoms with Crippen LogP contribution < -0.4 is 11.1 Å². The van der Waals surface area contributed by atoms with E-state index < -0.39 is 0 Å². The molecular formula is C13H22N2O2. The van der Waals surface area contributed by atoms with Crippen molar-refractivity contribution in [2.75, 3.05) is 13.1 Å². The number of nitrogens with one attached hydrogen (secondary N) is 1. The second-order valence-corrected chi connectivity index (χ2v) is 4.54. The van der Waals surface area contributed by atoms with Crippen molar-refractivity contribution >= 4 is 5.91 Å². The van der Waals surface area contributed by atoms with E-state index in [0.717, 1.165) is 18.6 Å². The second-order valence-electron chi connectivity index (χ2n) is 4.54. The third-order valence-electron chi connectivity index (χ3n) is 3.55. The molecule has 1 aromatic heterocycles. The van der Waals surface area contributed by atoms with Gasteiger partial charge in [-0.3, -0.25) is 4.79 Å². The molecule has 1 amide bonds. The maximum absolute atomic E-state index is 11.8.